The molecule has 1 N–H and O–H groups in total. The lowest BCUT2D eigenvalue weighted by molar-refractivity contribution is -0.119. The van der Waals surface area contributed by atoms with Gasteiger partial charge in [0.15, 0.2) is 0 Å². The first-order valence-corrected chi connectivity index (χ1v) is 7.95. The van der Waals surface area contributed by atoms with Crippen LogP contribution in [0, 0.1) is 20.8 Å². The molecule has 0 aliphatic carbocycles. The van der Waals surface area contributed by atoms with Crippen LogP contribution in [0.1, 0.15) is 17.3 Å². The fraction of sp³-hybridized carbons (Fsp3) is 0.600. The van der Waals surface area contributed by atoms with E-state index in [-0.39, 0.29) is 18.6 Å². The fourth-order valence-electron chi connectivity index (χ4n) is 2.76. The molecule has 0 radical (unpaired) electrons. The predicted molar refractivity (Wildman–Crippen MR) is 85.5 cm³/mol. The largest absolute Gasteiger partial charge is 0.374 e. The molecule has 1 aliphatic rings. The summed E-state index contributed by atoms with van der Waals surface area (Å²) in [5.74, 6) is 1.86. The zero-order valence-corrected chi connectivity index (χ0v) is 14.2. The molecule has 1 fully saturated rings. The van der Waals surface area contributed by atoms with Gasteiger partial charge in [0.1, 0.15) is 11.6 Å². The molecule has 1 atom stereocenters. The number of hydrogen-bond donors (Lipinski definition) is 1. The number of carbonyl (C=O) groups excluding carboxylic acids is 1. The van der Waals surface area contributed by atoms with Crippen LogP contribution in [0.3, 0.4) is 0 Å². The lowest BCUT2D eigenvalue weighted by Crippen LogP contribution is -2.47. The van der Waals surface area contributed by atoms with Gasteiger partial charge in [0, 0.05) is 19.2 Å². The molecule has 24 heavy (non-hydrogen) atoms. The Kier molecular flexibility index (Phi) is 4.91. The summed E-state index contributed by atoms with van der Waals surface area (Å²) in [6.07, 6.45) is -0.0149. The molecule has 9 heteroatoms. The van der Waals surface area contributed by atoms with Crippen molar-refractivity contribution in [2.75, 3.05) is 31.6 Å². The van der Waals surface area contributed by atoms with Gasteiger partial charge in [-0.2, -0.15) is 5.10 Å². The van der Waals surface area contributed by atoms with Crippen molar-refractivity contribution in [2.24, 2.45) is 0 Å². The van der Waals surface area contributed by atoms with Crippen LogP contribution in [0.5, 0.6) is 0 Å². The monoisotopic (exact) mass is 334 g/mol. The molecule has 9 nitrogen and oxygen atoms in total. The Morgan fingerprint density at radius 2 is 2.25 bits per heavy atom. The molecule has 0 spiro atoms. The van der Waals surface area contributed by atoms with Crippen molar-refractivity contribution in [2.45, 2.75) is 33.4 Å². The lowest BCUT2D eigenvalue weighted by Gasteiger charge is -2.32. The Morgan fingerprint density at radius 3 is 2.92 bits per heavy atom. The summed E-state index contributed by atoms with van der Waals surface area (Å²) in [6.45, 7) is 8.49. The number of anilines is 1. The molecule has 1 amide bonds. The molecule has 0 bridgehead atoms. The number of rotatable bonds is 5. The average Bonchev–Trinajstić information content (AvgIpc) is 3.05. The number of aryl methyl sites for hydroxylation is 3. The van der Waals surface area contributed by atoms with Crippen LogP contribution in [0.25, 0.3) is 0 Å². The van der Waals surface area contributed by atoms with Gasteiger partial charge < -0.3 is 9.26 Å². The van der Waals surface area contributed by atoms with E-state index >= 15 is 0 Å². The lowest BCUT2D eigenvalue weighted by atomic mass is 10.2. The minimum Gasteiger partial charge on any atom is -0.374 e. The number of hydrogen-bond acceptors (Lipinski definition) is 7. The number of amides is 1. The zero-order valence-electron chi connectivity index (χ0n) is 14.2. The smallest absolute Gasteiger partial charge is 0.240 e. The highest BCUT2D eigenvalue weighted by atomic mass is 16.5. The Balaban J connectivity index is 1.51. The second-order valence-electron chi connectivity index (χ2n) is 6.00. The SMILES string of the molecule is Cc1cc(NC(=O)CN2CCO[C@@H](Cn3nc(C)nc3C)C2)on1. The molecule has 0 unspecified atom stereocenters. The molecule has 3 heterocycles. The van der Waals surface area contributed by atoms with Gasteiger partial charge in [-0.05, 0) is 20.8 Å². The molecule has 2 aromatic heterocycles. The number of nitrogens with zero attached hydrogens (tertiary/aromatic N) is 5. The highest BCUT2D eigenvalue weighted by Crippen LogP contribution is 2.11. The number of aromatic nitrogens is 4. The normalized spacial score (nSPS) is 18.7. The number of nitrogens with one attached hydrogen (secondary N) is 1. The van der Waals surface area contributed by atoms with Crippen molar-refractivity contribution < 1.29 is 14.1 Å². The van der Waals surface area contributed by atoms with Gasteiger partial charge in [-0.25, -0.2) is 9.67 Å². The number of carbonyl (C=O) groups is 1. The topological polar surface area (TPSA) is 98.3 Å². The van der Waals surface area contributed by atoms with Crippen molar-refractivity contribution in [1.29, 1.82) is 0 Å². The van der Waals surface area contributed by atoms with E-state index in [2.05, 4.69) is 25.5 Å². The van der Waals surface area contributed by atoms with Gasteiger partial charge in [-0.1, -0.05) is 5.16 Å². The summed E-state index contributed by atoms with van der Waals surface area (Å²) in [6, 6.07) is 1.69. The maximum Gasteiger partial charge on any atom is 0.240 e. The molecule has 1 saturated heterocycles. The first-order chi connectivity index (χ1) is 11.5. The van der Waals surface area contributed by atoms with Crippen molar-refractivity contribution >= 4 is 11.8 Å². The standard InChI is InChI=1S/C15H22N6O3/c1-10-6-15(24-19-10)17-14(22)9-20-4-5-23-13(7-20)8-21-12(3)16-11(2)18-21/h6,13H,4-5,7-9H2,1-3H3,(H,17,22)/t13-/m1/s1. The van der Waals surface area contributed by atoms with E-state index in [1.165, 1.54) is 0 Å². The third kappa shape index (κ3) is 4.18. The van der Waals surface area contributed by atoms with Crippen LogP contribution < -0.4 is 5.32 Å². The van der Waals surface area contributed by atoms with Gasteiger partial charge in [-0.15, -0.1) is 0 Å². The summed E-state index contributed by atoms with van der Waals surface area (Å²) in [5.41, 5.74) is 0.732. The van der Waals surface area contributed by atoms with E-state index in [1.807, 2.05) is 18.5 Å². The summed E-state index contributed by atoms with van der Waals surface area (Å²) >= 11 is 0. The van der Waals surface area contributed by atoms with Crippen molar-refractivity contribution in [1.82, 2.24) is 24.8 Å². The molecule has 2 aromatic rings. The molecule has 1 aliphatic heterocycles. The Bertz CT molecular complexity index is 710. The maximum absolute atomic E-state index is 12.1. The third-order valence-electron chi connectivity index (χ3n) is 3.82. The minimum absolute atomic E-state index is 0.0149. The van der Waals surface area contributed by atoms with Crippen LogP contribution >= 0.6 is 0 Å². The van der Waals surface area contributed by atoms with E-state index in [1.54, 1.807) is 13.0 Å². The molecule has 0 saturated carbocycles. The van der Waals surface area contributed by atoms with E-state index in [0.717, 1.165) is 17.3 Å². The summed E-state index contributed by atoms with van der Waals surface area (Å²) in [5, 5.41) is 10.8. The highest BCUT2D eigenvalue weighted by Gasteiger charge is 2.23. The van der Waals surface area contributed by atoms with Crippen molar-refractivity contribution in [3.63, 3.8) is 0 Å². The average molecular weight is 334 g/mol. The summed E-state index contributed by atoms with van der Waals surface area (Å²) in [7, 11) is 0. The first kappa shape index (κ1) is 16.6. The molecular formula is C15H22N6O3. The van der Waals surface area contributed by atoms with Crippen LogP contribution in [0.2, 0.25) is 0 Å². The minimum atomic E-state index is -0.125. The number of ether oxygens (including phenoxy) is 1. The van der Waals surface area contributed by atoms with Crippen molar-refractivity contribution in [3.05, 3.63) is 23.4 Å². The highest BCUT2D eigenvalue weighted by molar-refractivity contribution is 5.90. The zero-order chi connectivity index (χ0) is 17.1. The van der Waals surface area contributed by atoms with Gasteiger partial charge in [0.25, 0.3) is 0 Å². The van der Waals surface area contributed by atoms with E-state index < -0.39 is 0 Å². The van der Waals surface area contributed by atoms with Crippen LogP contribution in [-0.4, -0.2) is 63.1 Å². The van der Waals surface area contributed by atoms with Crippen molar-refractivity contribution in [3.8, 4) is 0 Å². The molecule has 0 aromatic carbocycles. The Hall–Kier alpha value is -2.26. The second kappa shape index (κ2) is 7.10. The van der Waals surface area contributed by atoms with E-state index in [4.69, 9.17) is 9.26 Å². The van der Waals surface area contributed by atoms with Gasteiger partial charge in [0.2, 0.25) is 11.8 Å². The third-order valence-corrected chi connectivity index (χ3v) is 3.82. The van der Waals surface area contributed by atoms with Crippen LogP contribution in [0.4, 0.5) is 5.88 Å². The molecule has 3 rings (SSSR count). The number of morpholine rings is 1. The molecule has 130 valence electrons. The second-order valence-corrected chi connectivity index (χ2v) is 6.00. The maximum atomic E-state index is 12.1. The molecular weight excluding hydrogens is 312 g/mol. The van der Waals surface area contributed by atoms with Gasteiger partial charge >= 0.3 is 0 Å². The summed E-state index contributed by atoms with van der Waals surface area (Å²) < 4.78 is 12.6. The quantitative estimate of drug-likeness (QED) is 0.851. The van der Waals surface area contributed by atoms with E-state index in [9.17, 15) is 4.79 Å². The van der Waals surface area contributed by atoms with Gasteiger partial charge in [0.05, 0.1) is 31.5 Å². The Labute approximate surface area is 140 Å². The first-order valence-electron chi connectivity index (χ1n) is 7.95. The van der Waals surface area contributed by atoms with E-state index in [0.29, 0.717) is 32.1 Å². The predicted octanol–water partition coefficient (Wildman–Crippen LogP) is 0.531. The summed E-state index contributed by atoms with van der Waals surface area (Å²) in [4.78, 5) is 18.5. The Morgan fingerprint density at radius 1 is 1.42 bits per heavy atom. The van der Waals surface area contributed by atoms with Gasteiger partial charge in [-0.3, -0.25) is 15.0 Å². The van der Waals surface area contributed by atoms with Crippen LogP contribution in [0.15, 0.2) is 10.6 Å². The fourth-order valence-corrected chi connectivity index (χ4v) is 2.76. The van der Waals surface area contributed by atoms with Crippen LogP contribution in [-0.2, 0) is 16.1 Å².